The van der Waals surface area contributed by atoms with Gasteiger partial charge in [-0.3, -0.25) is 0 Å². The van der Waals surface area contributed by atoms with E-state index in [1.54, 1.807) is 0 Å². The van der Waals surface area contributed by atoms with Crippen molar-refractivity contribution in [2.45, 2.75) is 0 Å². The summed E-state index contributed by atoms with van der Waals surface area (Å²) in [5.41, 5.74) is 0. The third-order valence-corrected chi connectivity index (χ3v) is 0. The molecule has 4 N–H and O–H groups in total. The topological polar surface area (TPSA) is 235 Å². The van der Waals surface area contributed by atoms with Gasteiger partial charge in [0.2, 0.25) is 0 Å². The summed E-state index contributed by atoms with van der Waals surface area (Å²) in [6.45, 7) is 0. The minimum absolute atomic E-state index is 0. The molecule has 15 heteroatoms. The molecule has 15 heavy (non-hydrogen) atoms. The SMILES string of the molecule is [Gd+3].[Gd+3].[O-2].[O-2].[O-2].[O]=[Mo](=[O])([OH])[OH].[O]=[Mo](=[O])([OH])[OH]. The summed E-state index contributed by atoms with van der Waals surface area (Å²) in [6.07, 6.45) is 0. The first-order valence-corrected chi connectivity index (χ1v) is 8.26. The van der Waals surface area contributed by atoms with Crippen LogP contribution in [0.3, 0.4) is 0 Å². The van der Waals surface area contributed by atoms with Crippen molar-refractivity contribution in [3.8, 4) is 0 Å². The van der Waals surface area contributed by atoms with Gasteiger partial charge >= 0.3 is 142 Å². The molecular formula is H4Gd2Mo2O11. The van der Waals surface area contributed by atoms with Crippen LogP contribution >= 0.6 is 0 Å². The van der Waals surface area contributed by atoms with Crippen molar-refractivity contribution in [3.05, 3.63) is 0 Å². The van der Waals surface area contributed by atoms with Crippen LogP contribution in [-0.2, 0) is 63.5 Å². The first-order valence-electron chi connectivity index (χ1n) is 1.40. The van der Waals surface area contributed by atoms with E-state index in [0.29, 0.717) is 0 Å². The second kappa shape index (κ2) is 19.3. The Balaban J connectivity index is -0.0000000128. The van der Waals surface area contributed by atoms with Crippen LogP contribution in [0.2, 0.25) is 0 Å². The predicted molar refractivity (Wildman–Crippen MR) is 13.7 cm³/mol. The molecule has 0 aromatic heterocycles. The molecule has 0 rings (SSSR count). The number of hydrogen-bond donors (Lipinski definition) is 4. The average molecular weight is 686 g/mol. The molecule has 0 saturated heterocycles. The van der Waals surface area contributed by atoms with Crippen molar-refractivity contribution < 1.29 is 158 Å². The Labute approximate surface area is 155 Å². The zero-order valence-electron chi connectivity index (χ0n) is 6.17. The Kier molecular flexibility index (Phi) is 55.3. The van der Waals surface area contributed by atoms with E-state index >= 15 is 0 Å². The van der Waals surface area contributed by atoms with Crippen molar-refractivity contribution in [1.82, 2.24) is 0 Å². The first kappa shape index (κ1) is 43.0. The number of rotatable bonds is 0. The van der Waals surface area contributed by atoms with Crippen molar-refractivity contribution in [2.75, 3.05) is 0 Å². The second-order valence-electron chi connectivity index (χ2n) is 0.896. The summed E-state index contributed by atoms with van der Waals surface area (Å²) in [7, 11) is 0. The Morgan fingerprint density at radius 2 is 0.533 bits per heavy atom. The van der Waals surface area contributed by atoms with E-state index in [1.807, 2.05) is 0 Å². The second-order valence-corrected chi connectivity index (χ2v) is 5.30. The molecule has 0 aromatic carbocycles. The maximum absolute atomic E-state index is 8.85. The Morgan fingerprint density at radius 3 is 0.533 bits per heavy atom. The molecule has 98 valence electrons. The fourth-order valence-corrected chi connectivity index (χ4v) is 0. The van der Waals surface area contributed by atoms with Crippen molar-refractivity contribution in [2.24, 2.45) is 0 Å². The van der Waals surface area contributed by atoms with E-state index in [4.69, 9.17) is 28.6 Å². The molecular weight excluding hydrogens is 682 g/mol. The third kappa shape index (κ3) is 436. The molecule has 11 nitrogen and oxygen atoms in total. The van der Waals surface area contributed by atoms with Crippen LogP contribution in [0.5, 0.6) is 0 Å². The number of hydrogen-bond acceptors (Lipinski definition) is 4. The van der Waals surface area contributed by atoms with E-state index in [1.165, 1.54) is 0 Å². The molecule has 0 heterocycles. The van der Waals surface area contributed by atoms with E-state index < -0.39 is 33.5 Å². The third-order valence-electron chi connectivity index (χ3n) is 0. The van der Waals surface area contributed by atoms with Crippen LogP contribution in [0.15, 0.2) is 0 Å². The van der Waals surface area contributed by atoms with Gasteiger partial charge in [-0.1, -0.05) is 0 Å². The quantitative estimate of drug-likeness (QED) is 0.191. The molecule has 0 atom stereocenters. The summed E-state index contributed by atoms with van der Waals surface area (Å²) < 4.78 is 64.0. The molecule has 0 aliphatic rings. The minimum atomic E-state index is -5.52. The molecule has 0 aliphatic heterocycles. The van der Waals surface area contributed by atoms with E-state index in [9.17, 15) is 0 Å². The van der Waals surface area contributed by atoms with Crippen LogP contribution < -0.4 is 0 Å². The molecule has 0 aromatic rings. The van der Waals surface area contributed by atoms with Gasteiger partial charge in [-0.05, 0) is 0 Å². The molecule has 0 fully saturated rings. The summed E-state index contributed by atoms with van der Waals surface area (Å²) in [4.78, 5) is 0. The normalized spacial score (nSPS) is 7.73. The van der Waals surface area contributed by atoms with Gasteiger partial charge < -0.3 is 16.4 Å². The average Bonchev–Trinajstić information content (AvgIpc) is 1.12. The first-order chi connectivity index (χ1) is 4.00. The molecule has 0 saturated carbocycles. The van der Waals surface area contributed by atoms with E-state index in [0.717, 1.165) is 0 Å². The van der Waals surface area contributed by atoms with Crippen LogP contribution in [0.4, 0.5) is 0 Å². The van der Waals surface area contributed by atoms with Crippen molar-refractivity contribution in [1.29, 1.82) is 0 Å². The van der Waals surface area contributed by atoms with E-state index in [2.05, 4.69) is 0 Å². The van der Waals surface area contributed by atoms with Crippen molar-refractivity contribution >= 4 is 0 Å². The molecule has 0 unspecified atom stereocenters. The van der Waals surface area contributed by atoms with E-state index in [-0.39, 0.29) is 96.3 Å². The Morgan fingerprint density at radius 1 is 0.533 bits per heavy atom. The van der Waals surface area contributed by atoms with Crippen LogP contribution in [-0.4, -0.2) is 15.0 Å². The van der Waals surface area contributed by atoms with Gasteiger partial charge in [0.25, 0.3) is 0 Å². The standard InChI is InChI=1S/2Gd.2Mo.4H2O.7O/h;;;;4*1H2;;;;;;;/q2*+3;2*+2;;;;;;;;;3*-2/p-4. The Bertz CT molecular complexity index is 213. The monoisotopic (exact) mass is 692 g/mol. The van der Waals surface area contributed by atoms with Gasteiger partial charge in [0.1, 0.15) is 0 Å². The predicted octanol–water partition coefficient (Wildman–Crippen LogP) is -3.06. The van der Waals surface area contributed by atoms with Crippen LogP contribution in [0, 0.1) is 79.9 Å². The summed E-state index contributed by atoms with van der Waals surface area (Å²) in [5.74, 6) is 0. The van der Waals surface area contributed by atoms with Crippen LogP contribution in [0.1, 0.15) is 0 Å². The van der Waals surface area contributed by atoms with Gasteiger partial charge in [-0.25, -0.2) is 0 Å². The molecule has 2 radical (unpaired) electrons. The molecule has 0 spiro atoms. The molecule has 0 amide bonds. The fourth-order valence-electron chi connectivity index (χ4n) is 0. The molecule has 0 bridgehead atoms. The summed E-state index contributed by atoms with van der Waals surface area (Å²) in [6, 6.07) is 0. The van der Waals surface area contributed by atoms with Crippen molar-refractivity contribution in [3.63, 3.8) is 0 Å². The van der Waals surface area contributed by atoms with Gasteiger partial charge in [0, 0.05) is 0 Å². The van der Waals surface area contributed by atoms with Gasteiger partial charge in [-0.15, -0.1) is 0 Å². The zero-order valence-corrected chi connectivity index (χ0v) is 14.7. The Hall–Kier alpha value is 2.95. The fraction of sp³-hybridized carbons (Fsp3) is 0. The zero-order chi connectivity index (χ0) is 9.00. The maximum atomic E-state index is 8.85. The summed E-state index contributed by atoms with van der Waals surface area (Å²) >= 11 is -11.0. The van der Waals surface area contributed by atoms with Gasteiger partial charge in [0.15, 0.2) is 0 Å². The molecule has 0 aliphatic carbocycles. The van der Waals surface area contributed by atoms with Crippen LogP contribution in [0.25, 0.3) is 0 Å². The summed E-state index contributed by atoms with van der Waals surface area (Å²) in [5, 5.41) is 0. The van der Waals surface area contributed by atoms with Gasteiger partial charge in [-0.2, -0.15) is 0 Å². The van der Waals surface area contributed by atoms with Gasteiger partial charge in [0.05, 0.1) is 0 Å².